The van der Waals surface area contributed by atoms with Crippen molar-refractivity contribution in [2.24, 2.45) is 5.84 Å². The van der Waals surface area contributed by atoms with E-state index in [2.05, 4.69) is 5.43 Å². The number of rotatable bonds is 3. The molecule has 0 aliphatic carbocycles. The maximum Gasteiger partial charge on any atom is 0.262 e. The number of fused-ring (bicyclic) bond motifs is 1. The van der Waals surface area contributed by atoms with Crippen molar-refractivity contribution < 1.29 is 13.2 Å². The van der Waals surface area contributed by atoms with Crippen LogP contribution in [-0.2, 0) is 0 Å². The molecule has 86 valence electrons. The van der Waals surface area contributed by atoms with Crippen LogP contribution >= 0.6 is 0 Å². The van der Waals surface area contributed by atoms with Crippen LogP contribution in [0.3, 0.4) is 0 Å². The molecule has 1 aromatic heterocycles. The Balaban J connectivity index is 2.50. The summed E-state index contributed by atoms with van der Waals surface area (Å²) in [5.41, 5.74) is 3.59. The maximum atomic E-state index is 12.6. The van der Waals surface area contributed by atoms with Crippen molar-refractivity contribution in [2.45, 2.75) is 19.4 Å². The van der Waals surface area contributed by atoms with Gasteiger partial charge in [-0.25, -0.2) is 14.2 Å². The Bertz CT molecular complexity index is 496. The highest BCUT2D eigenvalue weighted by molar-refractivity contribution is 5.81. The maximum absolute atomic E-state index is 12.6. The number of hydrazine groups is 1. The fourth-order valence-corrected chi connectivity index (χ4v) is 1.66. The zero-order valence-electron chi connectivity index (χ0n) is 8.71. The molecule has 3 nitrogen and oxygen atoms in total. The fraction of sp³-hybridized carbons (Fsp3) is 0.273. The average molecular weight is 226 g/mol. The molecule has 1 unspecified atom stereocenters. The van der Waals surface area contributed by atoms with Crippen LogP contribution in [0, 0.1) is 6.92 Å². The minimum absolute atomic E-state index is 0.154. The molecule has 0 spiro atoms. The third-order valence-electron chi connectivity index (χ3n) is 2.50. The second-order valence-electron chi connectivity index (χ2n) is 3.62. The highest BCUT2D eigenvalue weighted by atomic mass is 19.3. The van der Waals surface area contributed by atoms with Gasteiger partial charge in [0.2, 0.25) is 0 Å². The van der Waals surface area contributed by atoms with E-state index < -0.39 is 12.5 Å². The molecule has 0 saturated heterocycles. The number of furan rings is 1. The lowest BCUT2D eigenvalue weighted by atomic mass is 10.1. The van der Waals surface area contributed by atoms with Gasteiger partial charge in [-0.05, 0) is 18.6 Å². The SMILES string of the molecule is Cc1cccc2cc(C(NN)C(F)F)oc12. The van der Waals surface area contributed by atoms with Gasteiger partial charge in [0.15, 0.2) is 0 Å². The summed E-state index contributed by atoms with van der Waals surface area (Å²) >= 11 is 0. The smallest absolute Gasteiger partial charge is 0.262 e. The Morgan fingerprint density at radius 2 is 2.12 bits per heavy atom. The molecule has 0 aliphatic rings. The Labute approximate surface area is 91.2 Å². The quantitative estimate of drug-likeness (QED) is 0.624. The van der Waals surface area contributed by atoms with E-state index in [0.717, 1.165) is 10.9 Å². The summed E-state index contributed by atoms with van der Waals surface area (Å²) in [4.78, 5) is 0. The molecule has 0 bridgehead atoms. The molecule has 16 heavy (non-hydrogen) atoms. The van der Waals surface area contributed by atoms with Gasteiger partial charge >= 0.3 is 0 Å². The molecular weight excluding hydrogens is 214 g/mol. The highest BCUT2D eigenvalue weighted by Gasteiger charge is 2.24. The summed E-state index contributed by atoms with van der Waals surface area (Å²) in [5, 5.41) is 0.802. The first-order chi connectivity index (χ1) is 7.63. The Kier molecular flexibility index (Phi) is 2.89. The monoisotopic (exact) mass is 226 g/mol. The number of aryl methyl sites for hydroxylation is 1. The van der Waals surface area contributed by atoms with Crippen LogP contribution < -0.4 is 11.3 Å². The van der Waals surface area contributed by atoms with Gasteiger partial charge < -0.3 is 4.42 Å². The molecule has 0 radical (unpaired) electrons. The molecular formula is C11H12F2N2O. The zero-order chi connectivity index (χ0) is 11.7. The first kappa shape index (κ1) is 11.0. The largest absolute Gasteiger partial charge is 0.459 e. The first-order valence-electron chi connectivity index (χ1n) is 4.87. The summed E-state index contributed by atoms with van der Waals surface area (Å²) in [6.07, 6.45) is -2.61. The van der Waals surface area contributed by atoms with Crippen molar-refractivity contribution >= 4 is 11.0 Å². The molecule has 2 aromatic rings. The van der Waals surface area contributed by atoms with Crippen molar-refractivity contribution in [1.29, 1.82) is 0 Å². The number of alkyl halides is 2. The number of hydrogen-bond donors (Lipinski definition) is 2. The van der Waals surface area contributed by atoms with Crippen molar-refractivity contribution in [3.8, 4) is 0 Å². The van der Waals surface area contributed by atoms with E-state index in [-0.39, 0.29) is 5.76 Å². The topological polar surface area (TPSA) is 51.2 Å². The molecule has 0 amide bonds. The van der Waals surface area contributed by atoms with Gasteiger partial charge in [-0.1, -0.05) is 18.2 Å². The van der Waals surface area contributed by atoms with Gasteiger partial charge in [-0.3, -0.25) is 5.84 Å². The standard InChI is InChI=1S/C11H12F2N2O/c1-6-3-2-4-7-5-8(16-10(6)7)9(15-14)11(12)13/h2-5,9,11,15H,14H2,1H3. The Morgan fingerprint density at radius 1 is 1.38 bits per heavy atom. The van der Waals surface area contributed by atoms with E-state index in [1.807, 2.05) is 25.1 Å². The van der Waals surface area contributed by atoms with E-state index >= 15 is 0 Å². The van der Waals surface area contributed by atoms with E-state index in [9.17, 15) is 8.78 Å². The average Bonchev–Trinajstić information content (AvgIpc) is 2.63. The molecule has 1 aromatic carbocycles. The fourth-order valence-electron chi connectivity index (χ4n) is 1.66. The molecule has 1 heterocycles. The summed E-state index contributed by atoms with van der Waals surface area (Å²) in [5.74, 6) is 5.23. The number of hydrogen-bond acceptors (Lipinski definition) is 3. The van der Waals surface area contributed by atoms with Crippen LogP contribution in [0.5, 0.6) is 0 Å². The van der Waals surface area contributed by atoms with Gasteiger partial charge in [0.05, 0.1) is 0 Å². The normalized spacial score (nSPS) is 13.6. The number of nitrogens with two attached hydrogens (primary N) is 1. The Morgan fingerprint density at radius 3 is 2.69 bits per heavy atom. The molecule has 0 fully saturated rings. The number of nitrogens with one attached hydrogen (secondary N) is 1. The number of halogens is 2. The van der Waals surface area contributed by atoms with Crippen LogP contribution in [-0.4, -0.2) is 6.43 Å². The molecule has 5 heteroatoms. The van der Waals surface area contributed by atoms with Crippen molar-refractivity contribution in [1.82, 2.24) is 5.43 Å². The van der Waals surface area contributed by atoms with Crippen molar-refractivity contribution in [3.63, 3.8) is 0 Å². The predicted molar refractivity (Wildman–Crippen MR) is 57.0 cm³/mol. The zero-order valence-corrected chi connectivity index (χ0v) is 8.71. The van der Waals surface area contributed by atoms with Gasteiger partial charge in [0, 0.05) is 5.39 Å². The minimum atomic E-state index is -2.61. The number of para-hydroxylation sites is 1. The molecule has 1 atom stereocenters. The molecule has 0 saturated carbocycles. The third-order valence-corrected chi connectivity index (χ3v) is 2.50. The van der Waals surface area contributed by atoms with E-state index in [1.165, 1.54) is 0 Å². The second-order valence-corrected chi connectivity index (χ2v) is 3.62. The van der Waals surface area contributed by atoms with Gasteiger partial charge in [0.25, 0.3) is 6.43 Å². The molecule has 3 N–H and O–H groups in total. The van der Waals surface area contributed by atoms with E-state index in [1.54, 1.807) is 6.07 Å². The van der Waals surface area contributed by atoms with Crippen LogP contribution in [0.2, 0.25) is 0 Å². The van der Waals surface area contributed by atoms with Gasteiger partial charge in [0.1, 0.15) is 17.4 Å². The van der Waals surface area contributed by atoms with E-state index in [0.29, 0.717) is 5.58 Å². The summed E-state index contributed by atoms with van der Waals surface area (Å²) in [7, 11) is 0. The lowest BCUT2D eigenvalue weighted by molar-refractivity contribution is 0.0890. The molecule has 2 rings (SSSR count). The van der Waals surface area contributed by atoms with Crippen molar-refractivity contribution in [2.75, 3.05) is 0 Å². The molecule has 0 aliphatic heterocycles. The highest BCUT2D eigenvalue weighted by Crippen LogP contribution is 2.28. The van der Waals surface area contributed by atoms with Gasteiger partial charge in [-0.15, -0.1) is 0 Å². The summed E-state index contributed by atoms with van der Waals surface area (Å²) < 4.78 is 30.6. The van der Waals surface area contributed by atoms with Crippen LogP contribution in [0.4, 0.5) is 8.78 Å². The predicted octanol–water partition coefficient (Wildman–Crippen LogP) is 2.51. The van der Waals surface area contributed by atoms with E-state index in [4.69, 9.17) is 10.3 Å². The minimum Gasteiger partial charge on any atom is -0.459 e. The van der Waals surface area contributed by atoms with Crippen LogP contribution in [0.15, 0.2) is 28.7 Å². The summed E-state index contributed by atoms with van der Waals surface area (Å²) in [6.45, 7) is 1.86. The first-order valence-corrected chi connectivity index (χ1v) is 4.87. The lowest BCUT2D eigenvalue weighted by Crippen LogP contribution is -2.32. The lowest BCUT2D eigenvalue weighted by Gasteiger charge is -2.10. The van der Waals surface area contributed by atoms with Crippen LogP contribution in [0.25, 0.3) is 11.0 Å². The Hall–Kier alpha value is -1.46. The third kappa shape index (κ3) is 1.79. The van der Waals surface area contributed by atoms with Crippen molar-refractivity contribution in [3.05, 3.63) is 35.6 Å². The summed E-state index contributed by atoms with van der Waals surface area (Å²) in [6, 6.07) is 5.84. The second kappa shape index (κ2) is 4.19. The number of benzene rings is 1. The van der Waals surface area contributed by atoms with Gasteiger partial charge in [-0.2, -0.15) is 0 Å². The van der Waals surface area contributed by atoms with Crippen LogP contribution in [0.1, 0.15) is 17.4 Å².